The maximum Gasteiger partial charge on any atom is 0.272 e. The molecular formula is C28H40F2N2O. The molecule has 1 aliphatic heterocycles. The molecule has 4 rings (SSSR count). The summed E-state index contributed by atoms with van der Waals surface area (Å²) in [5, 5.41) is 0. The summed E-state index contributed by atoms with van der Waals surface area (Å²) in [5.74, 6) is -0.990. The third kappa shape index (κ3) is 5.02. The van der Waals surface area contributed by atoms with E-state index in [1.165, 1.54) is 38.3 Å². The number of hydrogen-bond acceptors (Lipinski definition) is 2. The van der Waals surface area contributed by atoms with Crippen LogP contribution in [0.2, 0.25) is 0 Å². The molecule has 2 fully saturated rings. The Hall–Kier alpha value is -1.78. The van der Waals surface area contributed by atoms with Crippen molar-refractivity contribution in [2.24, 2.45) is 23.2 Å². The molecule has 3 aliphatic rings. The standard InChI is InChI=1S/C28H40F2N2O/c1-5-20-6-8-21(9-7-20)14-22-10-12-28(16-22,19(2)3)26(33)32-13-11-25-23(18-32)15-24(17-31-25)27(4,29)30/h5,15,17,19,21-22H,6-14,16,18H2,1-4H3/t21?,22-,28-/m0/s1. The molecule has 0 saturated heterocycles. The Labute approximate surface area is 198 Å². The summed E-state index contributed by atoms with van der Waals surface area (Å²) in [6, 6.07) is 1.56. The molecule has 1 amide bonds. The molecular weight excluding hydrogens is 418 g/mol. The van der Waals surface area contributed by atoms with Crippen LogP contribution in [0.25, 0.3) is 0 Å². The minimum atomic E-state index is -2.92. The highest BCUT2D eigenvalue weighted by molar-refractivity contribution is 5.83. The number of alkyl halides is 2. The molecule has 1 aromatic heterocycles. The van der Waals surface area contributed by atoms with Gasteiger partial charge in [-0.15, -0.1) is 0 Å². The van der Waals surface area contributed by atoms with Crippen LogP contribution in [0.3, 0.4) is 0 Å². The summed E-state index contributed by atoms with van der Waals surface area (Å²) < 4.78 is 27.7. The first kappa shape index (κ1) is 24.3. The van der Waals surface area contributed by atoms with E-state index in [4.69, 9.17) is 0 Å². The summed E-state index contributed by atoms with van der Waals surface area (Å²) in [6.45, 7) is 8.47. The summed E-state index contributed by atoms with van der Waals surface area (Å²) in [6.07, 6.45) is 13.6. The van der Waals surface area contributed by atoms with Crippen molar-refractivity contribution in [2.75, 3.05) is 6.54 Å². The van der Waals surface area contributed by atoms with Crippen LogP contribution in [0.1, 0.15) is 95.9 Å². The molecule has 33 heavy (non-hydrogen) atoms. The molecule has 1 aromatic rings. The Morgan fingerprint density at radius 3 is 2.61 bits per heavy atom. The maximum absolute atomic E-state index is 13.9. The molecule has 3 nitrogen and oxygen atoms in total. The highest BCUT2D eigenvalue weighted by Gasteiger charge is 2.49. The lowest BCUT2D eigenvalue weighted by Gasteiger charge is -2.40. The third-order valence-electron chi connectivity index (χ3n) is 8.84. The van der Waals surface area contributed by atoms with E-state index >= 15 is 0 Å². The Kier molecular flexibility index (Phi) is 6.98. The lowest BCUT2D eigenvalue weighted by atomic mass is 9.72. The molecule has 182 valence electrons. The molecule has 2 heterocycles. The molecule has 0 aromatic carbocycles. The van der Waals surface area contributed by atoms with Gasteiger partial charge in [-0.3, -0.25) is 9.78 Å². The number of carbonyl (C=O) groups is 1. The van der Waals surface area contributed by atoms with Crippen molar-refractivity contribution in [2.45, 2.75) is 97.9 Å². The number of fused-ring (bicyclic) bond motifs is 1. The molecule has 0 N–H and O–H groups in total. The van der Waals surface area contributed by atoms with Crippen molar-refractivity contribution in [1.82, 2.24) is 9.88 Å². The second-order valence-electron chi connectivity index (χ2n) is 11.2. The summed E-state index contributed by atoms with van der Waals surface area (Å²) in [7, 11) is 0. The van der Waals surface area contributed by atoms with E-state index in [0.717, 1.165) is 43.4 Å². The van der Waals surface area contributed by atoms with Gasteiger partial charge in [-0.05, 0) is 87.7 Å². The fourth-order valence-corrected chi connectivity index (χ4v) is 6.55. The van der Waals surface area contributed by atoms with Crippen molar-refractivity contribution in [1.29, 1.82) is 0 Å². The van der Waals surface area contributed by atoms with Crippen LogP contribution in [0.5, 0.6) is 0 Å². The third-order valence-corrected chi connectivity index (χ3v) is 8.84. The smallest absolute Gasteiger partial charge is 0.272 e. The maximum atomic E-state index is 13.9. The first-order valence-corrected chi connectivity index (χ1v) is 12.9. The van der Waals surface area contributed by atoms with Crippen molar-refractivity contribution >= 4 is 5.91 Å². The van der Waals surface area contributed by atoms with Crippen molar-refractivity contribution < 1.29 is 13.6 Å². The lowest BCUT2D eigenvalue weighted by Crippen LogP contribution is -2.47. The summed E-state index contributed by atoms with van der Waals surface area (Å²) in [5.41, 5.74) is 2.86. The van der Waals surface area contributed by atoms with Crippen LogP contribution in [-0.4, -0.2) is 22.3 Å². The average molecular weight is 459 g/mol. The van der Waals surface area contributed by atoms with Gasteiger partial charge in [0.1, 0.15) is 0 Å². The first-order chi connectivity index (χ1) is 15.6. The van der Waals surface area contributed by atoms with Crippen molar-refractivity contribution in [3.05, 3.63) is 40.7 Å². The van der Waals surface area contributed by atoms with Crippen LogP contribution in [-0.2, 0) is 23.7 Å². The molecule has 2 saturated carbocycles. The molecule has 0 unspecified atom stereocenters. The molecule has 0 radical (unpaired) electrons. The molecule has 5 heteroatoms. The second-order valence-corrected chi connectivity index (χ2v) is 11.2. The van der Waals surface area contributed by atoms with Gasteiger partial charge in [-0.25, -0.2) is 8.78 Å². The minimum absolute atomic E-state index is 0.0661. The van der Waals surface area contributed by atoms with Gasteiger partial charge in [0.15, 0.2) is 0 Å². The molecule has 0 spiro atoms. The van der Waals surface area contributed by atoms with Gasteiger partial charge in [0.25, 0.3) is 5.92 Å². The number of carbonyl (C=O) groups excluding carboxylic acids is 1. The minimum Gasteiger partial charge on any atom is -0.337 e. The van der Waals surface area contributed by atoms with E-state index in [1.54, 1.807) is 11.6 Å². The van der Waals surface area contributed by atoms with Gasteiger partial charge >= 0.3 is 0 Å². The normalized spacial score (nSPS) is 28.2. The number of amides is 1. The summed E-state index contributed by atoms with van der Waals surface area (Å²) in [4.78, 5) is 20.2. The fourth-order valence-electron chi connectivity index (χ4n) is 6.55. The van der Waals surface area contributed by atoms with Crippen LogP contribution < -0.4 is 0 Å². The van der Waals surface area contributed by atoms with E-state index < -0.39 is 5.92 Å². The first-order valence-electron chi connectivity index (χ1n) is 12.9. The Balaban J connectivity index is 1.45. The Bertz CT molecular complexity index is 894. The largest absolute Gasteiger partial charge is 0.337 e. The average Bonchev–Trinajstić information content (AvgIpc) is 3.23. The van der Waals surface area contributed by atoms with Gasteiger partial charge in [-0.1, -0.05) is 25.5 Å². The van der Waals surface area contributed by atoms with Gasteiger partial charge in [-0.2, -0.15) is 0 Å². The van der Waals surface area contributed by atoms with Crippen LogP contribution >= 0.6 is 0 Å². The zero-order valence-corrected chi connectivity index (χ0v) is 20.8. The SMILES string of the molecule is CC=C1CCC(C[C@@H]2CC[C@@](C(=O)N3CCc4ncc(C(C)(F)F)cc4C3)(C(C)C)C2)CC1. The second kappa shape index (κ2) is 9.46. The number of pyridine rings is 1. The Morgan fingerprint density at radius 1 is 1.24 bits per heavy atom. The number of halogens is 2. The zero-order chi connectivity index (χ0) is 23.8. The lowest BCUT2D eigenvalue weighted by molar-refractivity contribution is -0.146. The topological polar surface area (TPSA) is 33.2 Å². The van der Waals surface area contributed by atoms with E-state index in [0.29, 0.717) is 25.4 Å². The van der Waals surface area contributed by atoms with Gasteiger partial charge in [0.2, 0.25) is 5.91 Å². The fraction of sp³-hybridized carbons (Fsp3) is 0.714. The van der Waals surface area contributed by atoms with E-state index in [9.17, 15) is 13.6 Å². The highest BCUT2D eigenvalue weighted by Crippen LogP contribution is 2.51. The van der Waals surface area contributed by atoms with Crippen molar-refractivity contribution in [3.63, 3.8) is 0 Å². The van der Waals surface area contributed by atoms with Gasteiger partial charge in [0.05, 0.1) is 5.41 Å². The van der Waals surface area contributed by atoms with Crippen LogP contribution in [0, 0.1) is 23.2 Å². The van der Waals surface area contributed by atoms with Gasteiger partial charge < -0.3 is 4.90 Å². The monoisotopic (exact) mass is 458 g/mol. The summed E-state index contributed by atoms with van der Waals surface area (Å²) >= 11 is 0. The predicted octanol–water partition coefficient (Wildman–Crippen LogP) is 7.05. The van der Waals surface area contributed by atoms with E-state index in [2.05, 4.69) is 31.8 Å². The number of nitrogens with zero attached hydrogens (tertiary/aromatic N) is 2. The highest BCUT2D eigenvalue weighted by atomic mass is 19.3. The molecule has 0 bridgehead atoms. The molecule has 2 atom stereocenters. The van der Waals surface area contributed by atoms with E-state index in [-0.39, 0.29) is 22.8 Å². The van der Waals surface area contributed by atoms with Crippen molar-refractivity contribution in [3.8, 4) is 0 Å². The van der Waals surface area contributed by atoms with Gasteiger partial charge in [0, 0.05) is 43.9 Å². The van der Waals surface area contributed by atoms with Crippen LogP contribution in [0.4, 0.5) is 8.78 Å². The quantitative estimate of drug-likeness (QED) is 0.443. The molecule has 2 aliphatic carbocycles. The number of hydrogen-bond donors (Lipinski definition) is 0. The number of aromatic nitrogens is 1. The van der Waals surface area contributed by atoms with Crippen LogP contribution in [0.15, 0.2) is 23.9 Å². The zero-order valence-electron chi connectivity index (χ0n) is 20.8. The van der Waals surface area contributed by atoms with E-state index in [1.807, 2.05) is 4.90 Å². The number of rotatable bonds is 5. The number of allylic oxidation sites excluding steroid dienone is 2. The Morgan fingerprint density at radius 2 is 1.97 bits per heavy atom. The predicted molar refractivity (Wildman–Crippen MR) is 128 cm³/mol.